The van der Waals surface area contributed by atoms with Gasteiger partial charge >= 0.3 is 5.97 Å². The molecule has 0 fully saturated rings. The quantitative estimate of drug-likeness (QED) is 0.239. The summed E-state index contributed by atoms with van der Waals surface area (Å²) in [5, 5.41) is 0. The smallest absolute Gasteiger partial charge is 0.308 e. The van der Waals surface area contributed by atoms with E-state index in [9.17, 15) is 4.79 Å². The number of ether oxygens (including phenoxy) is 2. The average molecular weight is 343 g/mol. The van der Waals surface area contributed by atoms with Crippen molar-refractivity contribution in [2.75, 3.05) is 13.2 Å². The Labute approximate surface area is 150 Å². The number of unbranched alkanes of at least 4 members (excludes halogenated alkanes) is 11. The highest BCUT2D eigenvalue weighted by Crippen LogP contribution is 2.12. The molecule has 0 N–H and O–H groups in total. The third-order valence-electron chi connectivity index (χ3n) is 4.01. The van der Waals surface area contributed by atoms with Crippen LogP contribution in [0.4, 0.5) is 0 Å². The fourth-order valence-corrected chi connectivity index (χ4v) is 2.70. The fourth-order valence-electron chi connectivity index (χ4n) is 2.70. The van der Waals surface area contributed by atoms with Crippen LogP contribution in [0.15, 0.2) is 0 Å². The van der Waals surface area contributed by atoms with Gasteiger partial charge in [0.25, 0.3) is 0 Å². The van der Waals surface area contributed by atoms with Gasteiger partial charge in [-0.2, -0.15) is 0 Å². The van der Waals surface area contributed by atoms with Crippen LogP contribution in [0.3, 0.4) is 0 Å². The topological polar surface area (TPSA) is 35.5 Å². The van der Waals surface area contributed by atoms with Crippen LogP contribution < -0.4 is 0 Å². The maximum absolute atomic E-state index is 11.5. The molecule has 0 aromatic carbocycles. The largest absolute Gasteiger partial charge is 0.460 e. The van der Waals surface area contributed by atoms with Crippen molar-refractivity contribution >= 4 is 5.97 Å². The first kappa shape index (κ1) is 23.4. The van der Waals surface area contributed by atoms with Crippen molar-refractivity contribution in [2.45, 2.75) is 117 Å². The first-order chi connectivity index (χ1) is 11.5. The van der Waals surface area contributed by atoms with E-state index in [-0.39, 0.29) is 5.97 Å². The summed E-state index contributed by atoms with van der Waals surface area (Å²) >= 11 is 0. The molecule has 144 valence electrons. The maximum Gasteiger partial charge on any atom is 0.308 e. The summed E-state index contributed by atoms with van der Waals surface area (Å²) in [5.74, 6) is -0.169. The van der Waals surface area contributed by atoms with Gasteiger partial charge in [0, 0.05) is 6.61 Å². The molecule has 0 bridgehead atoms. The molecule has 0 rings (SSSR count). The number of carbonyl (C=O) groups excluding carboxylic acids is 1. The number of hydrogen-bond donors (Lipinski definition) is 0. The van der Waals surface area contributed by atoms with Crippen molar-refractivity contribution in [2.24, 2.45) is 0 Å². The Bertz CT molecular complexity index is 281. The lowest BCUT2D eigenvalue weighted by atomic mass is 10.1. The lowest BCUT2D eigenvalue weighted by Crippen LogP contribution is -2.24. The van der Waals surface area contributed by atoms with E-state index < -0.39 is 5.60 Å². The second kappa shape index (κ2) is 15.9. The lowest BCUT2D eigenvalue weighted by Gasteiger charge is -2.19. The maximum atomic E-state index is 11.5. The summed E-state index contributed by atoms with van der Waals surface area (Å²) in [6.07, 6.45) is 16.6. The summed E-state index contributed by atoms with van der Waals surface area (Å²) in [5.41, 5.74) is -0.396. The van der Waals surface area contributed by atoms with Crippen LogP contribution in [0.25, 0.3) is 0 Å². The van der Waals surface area contributed by atoms with Gasteiger partial charge in [-0.15, -0.1) is 0 Å². The molecule has 0 unspecified atom stereocenters. The Hall–Kier alpha value is -0.570. The van der Waals surface area contributed by atoms with Gasteiger partial charge in [0.15, 0.2) is 0 Å². The van der Waals surface area contributed by atoms with E-state index in [0.717, 1.165) is 13.0 Å². The van der Waals surface area contributed by atoms with Crippen LogP contribution in [-0.2, 0) is 14.3 Å². The molecule has 0 heterocycles. The number of carbonyl (C=O) groups is 1. The summed E-state index contributed by atoms with van der Waals surface area (Å²) < 4.78 is 10.7. The van der Waals surface area contributed by atoms with Gasteiger partial charge < -0.3 is 9.47 Å². The Balaban J connectivity index is 3.14. The van der Waals surface area contributed by atoms with Gasteiger partial charge in [0.2, 0.25) is 0 Å². The SMILES string of the molecule is CCCCCCCCCCCCCCOCCC(=O)OC(C)(C)C. The van der Waals surface area contributed by atoms with Crippen LogP contribution in [0.2, 0.25) is 0 Å². The average Bonchev–Trinajstić information content (AvgIpc) is 2.49. The lowest BCUT2D eigenvalue weighted by molar-refractivity contribution is -0.156. The van der Waals surface area contributed by atoms with Crippen LogP contribution in [0.5, 0.6) is 0 Å². The predicted molar refractivity (Wildman–Crippen MR) is 102 cm³/mol. The molecule has 0 spiro atoms. The molecule has 0 atom stereocenters. The first-order valence-electron chi connectivity index (χ1n) is 10.3. The Morgan fingerprint density at radius 1 is 0.708 bits per heavy atom. The van der Waals surface area contributed by atoms with Gasteiger partial charge in [0.1, 0.15) is 5.60 Å². The van der Waals surface area contributed by atoms with E-state index in [1.54, 1.807) is 0 Å². The van der Waals surface area contributed by atoms with Crippen LogP contribution >= 0.6 is 0 Å². The molecule has 0 saturated carbocycles. The fraction of sp³-hybridized carbons (Fsp3) is 0.952. The van der Waals surface area contributed by atoms with Crippen molar-refractivity contribution in [1.29, 1.82) is 0 Å². The molecule has 0 aliphatic rings. The van der Waals surface area contributed by atoms with Gasteiger partial charge in [-0.3, -0.25) is 4.79 Å². The standard InChI is InChI=1S/C21H42O3/c1-5-6-7-8-9-10-11-12-13-14-15-16-18-23-19-17-20(22)24-21(2,3)4/h5-19H2,1-4H3. The van der Waals surface area contributed by atoms with E-state index >= 15 is 0 Å². The van der Waals surface area contributed by atoms with Crippen LogP contribution in [-0.4, -0.2) is 24.8 Å². The monoisotopic (exact) mass is 342 g/mol. The summed E-state index contributed by atoms with van der Waals surface area (Å²) in [6.45, 7) is 9.17. The highest BCUT2D eigenvalue weighted by Gasteiger charge is 2.15. The Morgan fingerprint density at radius 3 is 1.62 bits per heavy atom. The van der Waals surface area contributed by atoms with Gasteiger partial charge in [-0.05, 0) is 27.2 Å². The molecule has 0 aliphatic heterocycles. The zero-order valence-corrected chi connectivity index (χ0v) is 16.8. The van der Waals surface area contributed by atoms with Gasteiger partial charge in [-0.25, -0.2) is 0 Å². The molecule has 24 heavy (non-hydrogen) atoms. The summed E-state index contributed by atoms with van der Waals surface area (Å²) in [4.78, 5) is 11.5. The van der Waals surface area contributed by atoms with Crippen molar-refractivity contribution in [3.05, 3.63) is 0 Å². The van der Waals surface area contributed by atoms with Crippen LogP contribution in [0.1, 0.15) is 111 Å². The van der Waals surface area contributed by atoms with E-state index in [2.05, 4.69) is 6.92 Å². The molecule has 0 radical (unpaired) electrons. The van der Waals surface area contributed by atoms with Crippen molar-refractivity contribution < 1.29 is 14.3 Å². The van der Waals surface area contributed by atoms with Crippen molar-refractivity contribution in [1.82, 2.24) is 0 Å². The Morgan fingerprint density at radius 2 is 1.17 bits per heavy atom. The zero-order chi connectivity index (χ0) is 18.1. The van der Waals surface area contributed by atoms with Gasteiger partial charge in [0.05, 0.1) is 13.0 Å². The molecule has 3 heteroatoms. The normalized spacial score (nSPS) is 11.7. The third kappa shape index (κ3) is 19.5. The van der Waals surface area contributed by atoms with E-state index in [1.165, 1.54) is 70.6 Å². The van der Waals surface area contributed by atoms with E-state index in [4.69, 9.17) is 9.47 Å². The molecule has 0 saturated heterocycles. The molecule has 0 aromatic heterocycles. The number of rotatable bonds is 16. The van der Waals surface area contributed by atoms with E-state index in [1.807, 2.05) is 20.8 Å². The minimum Gasteiger partial charge on any atom is -0.460 e. The van der Waals surface area contributed by atoms with Crippen LogP contribution in [0, 0.1) is 0 Å². The summed E-state index contributed by atoms with van der Waals surface area (Å²) in [7, 11) is 0. The third-order valence-corrected chi connectivity index (χ3v) is 4.01. The molecular weight excluding hydrogens is 300 g/mol. The van der Waals surface area contributed by atoms with Crippen molar-refractivity contribution in [3.8, 4) is 0 Å². The van der Waals surface area contributed by atoms with Gasteiger partial charge in [-0.1, -0.05) is 77.6 Å². The second-order valence-corrected chi connectivity index (χ2v) is 7.84. The Kier molecular flexibility index (Phi) is 15.6. The first-order valence-corrected chi connectivity index (χ1v) is 10.3. The second-order valence-electron chi connectivity index (χ2n) is 7.84. The number of esters is 1. The molecule has 0 aromatic rings. The van der Waals surface area contributed by atoms with Crippen molar-refractivity contribution in [3.63, 3.8) is 0 Å². The highest BCUT2D eigenvalue weighted by molar-refractivity contribution is 5.69. The highest BCUT2D eigenvalue weighted by atomic mass is 16.6. The molecule has 3 nitrogen and oxygen atoms in total. The summed E-state index contributed by atoms with van der Waals surface area (Å²) in [6, 6.07) is 0. The minimum absolute atomic E-state index is 0.169. The zero-order valence-electron chi connectivity index (χ0n) is 16.8. The van der Waals surface area contributed by atoms with E-state index in [0.29, 0.717) is 13.0 Å². The molecule has 0 amide bonds. The molecular formula is C21H42O3. The number of hydrogen-bond acceptors (Lipinski definition) is 3. The minimum atomic E-state index is -0.396. The molecule has 0 aliphatic carbocycles. The predicted octanol–water partition coefficient (Wildman–Crippen LogP) is 6.44.